The third kappa shape index (κ3) is 1.46. The third-order valence-corrected chi connectivity index (χ3v) is 1.43. The molecule has 1 N–H and O–H groups in total. The van der Waals surface area contributed by atoms with Crippen molar-refractivity contribution in [1.29, 1.82) is 0 Å². The van der Waals surface area contributed by atoms with Gasteiger partial charge >= 0.3 is 0 Å². The average molecular weight is 113 g/mol. The number of rotatable bonds is 0. The Morgan fingerprint density at radius 1 is 1.75 bits per heavy atom. The van der Waals surface area contributed by atoms with Crippen molar-refractivity contribution in [2.24, 2.45) is 0 Å². The van der Waals surface area contributed by atoms with Gasteiger partial charge in [0.25, 0.3) is 0 Å². The second-order valence-electron chi connectivity index (χ2n) is 2.43. The van der Waals surface area contributed by atoms with Crippen LogP contribution in [0.3, 0.4) is 0 Å². The summed E-state index contributed by atoms with van der Waals surface area (Å²) < 4.78 is 0. The van der Waals surface area contributed by atoms with Crippen LogP contribution in [0.5, 0.6) is 0 Å². The molecular formula is C6H13N2. The zero-order valence-corrected chi connectivity index (χ0v) is 5.52. The first-order valence-corrected chi connectivity index (χ1v) is 3.06. The Morgan fingerprint density at radius 3 is 2.88 bits per heavy atom. The summed E-state index contributed by atoms with van der Waals surface area (Å²) in [5.74, 6) is 0. The first-order valence-electron chi connectivity index (χ1n) is 3.06. The number of likely N-dealkylation sites (N-methyl/N-ethyl adjacent to an activating group) is 1. The maximum Gasteiger partial charge on any atom is 0.0386 e. The molecule has 2 nitrogen and oxygen atoms in total. The van der Waals surface area contributed by atoms with Crippen molar-refractivity contribution in [3.8, 4) is 0 Å². The molecule has 0 bridgehead atoms. The molecular weight excluding hydrogens is 100 g/mol. The Hall–Kier alpha value is -0.0800. The van der Waals surface area contributed by atoms with Crippen LogP contribution in [0.4, 0.5) is 0 Å². The van der Waals surface area contributed by atoms with Crippen LogP contribution >= 0.6 is 0 Å². The summed E-state index contributed by atoms with van der Waals surface area (Å²) in [4.78, 5) is 2.22. The smallest absolute Gasteiger partial charge is 0.0386 e. The molecule has 0 amide bonds. The van der Waals surface area contributed by atoms with E-state index in [2.05, 4.69) is 30.7 Å². The number of piperazine rings is 1. The molecule has 1 aliphatic heterocycles. The highest BCUT2D eigenvalue weighted by atomic mass is 15.2. The van der Waals surface area contributed by atoms with Crippen molar-refractivity contribution in [3.05, 3.63) is 6.54 Å². The van der Waals surface area contributed by atoms with Crippen LogP contribution in [0.25, 0.3) is 0 Å². The molecule has 1 atom stereocenters. The molecule has 2 heteroatoms. The van der Waals surface area contributed by atoms with Crippen molar-refractivity contribution in [3.63, 3.8) is 0 Å². The molecule has 0 aliphatic carbocycles. The van der Waals surface area contributed by atoms with Gasteiger partial charge in [0.05, 0.1) is 0 Å². The fraction of sp³-hybridized carbons (Fsp3) is 0.833. The number of hydrogen-bond acceptors (Lipinski definition) is 2. The van der Waals surface area contributed by atoms with Gasteiger partial charge in [-0.3, -0.25) is 4.90 Å². The predicted octanol–water partition coefficient (Wildman–Crippen LogP) is 0.0717. The SMILES string of the molecule is CC1CN(C)[CH]CN1. The normalized spacial score (nSPS) is 33.0. The van der Waals surface area contributed by atoms with E-state index >= 15 is 0 Å². The highest BCUT2D eigenvalue weighted by molar-refractivity contribution is 4.79. The summed E-state index contributed by atoms with van der Waals surface area (Å²) in [6, 6.07) is 0.657. The zero-order valence-electron chi connectivity index (χ0n) is 5.52. The molecule has 0 aromatic rings. The predicted molar refractivity (Wildman–Crippen MR) is 34.4 cm³/mol. The summed E-state index contributed by atoms with van der Waals surface area (Å²) in [6.45, 7) is 6.53. The van der Waals surface area contributed by atoms with Gasteiger partial charge in [0.1, 0.15) is 0 Å². The van der Waals surface area contributed by atoms with E-state index < -0.39 is 0 Å². The molecule has 1 aliphatic rings. The van der Waals surface area contributed by atoms with Crippen molar-refractivity contribution in [2.45, 2.75) is 13.0 Å². The summed E-state index contributed by atoms with van der Waals surface area (Å²) in [6.07, 6.45) is 0. The molecule has 0 spiro atoms. The quantitative estimate of drug-likeness (QED) is 0.478. The number of nitrogens with one attached hydrogen (secondary N) is 1. The summed E-state index contributed by atoms with van der Waals surface area (Å²) >= 11 is 0. The van der Waals surface area contributed by atoms with E-state index in [1.54, 1.807) is 0 Å². The minimum absolute atomic E-state index is 0.657. The van der Waals surface area contributed by atoms with Gasteiger partial charge in [-0.1, -0.05) is 0 Å². The zero-order chi connectivity index (χ0) is 5.98. The van der Waals surface area contributed by atoms with Crippen LogP contribution in [0.15, 0.2) is 0 Å². The molecule has 0 saturated carbocycles. The lowest BCUT2D eigenvalue weighted by Gasteiger charge is -2.27. The van der Waals surface area contributed by atoms with Gasteiger partial charge in [-0.2, -0.15) is 0 Å². The number of nitrogens with zero attached hydrogens (tertiary/aromatic N) is 1. The van der Waals surface area contributed by atoms with Crippen LogP contribution < -0.4 is 5.32 Å². The maximum atomic E-state index is 3.32. The molecule has 1 saturated heterocycles. The molecule has 1 fully saturated rings. The standard InChI is InChI=1S/C6H13N2/c1-6-5-8(2)4-3-7-6/h4,6-7H,3,5H2,1-2H3. The van der Waals surface area contributed by atoms with Crippen LogP contribution in [-0.2, 0) is 0 Å². The molecule has 0 aromatic heterocycles. The van der Waals surface area contributed by atoms with E-state index in [4.69, 9.17) is 0 Å². The van der Waals surface area contributed by atoms with E-state index in [1.165, 1.54) is 0 Å². The highest BCUT2D eigenvalue weighted by Crippen LogP contribution is 1.96. The highest BCUT2D eigenvalue weighted by Gasteiger charge is 2.10. The number of hydrogen-bond donors (Lipinski definition) is 1. The molecule has 8 heavy (non-hydrogen) atoms. The Bertz CT molecular complexity index is 64.9. The van der Waals surface area contributed by atoms with Gasteiger partial charge in [0, 0.05) is 25.7 Å². The summed E-state index contributed by atoms with van der Waals surface area (Å²) in [7, 11) is 2.11. The fourth-order valence-electron chi connectivity index (χ4n) is 0.981. The van der Waals surface area contributed by atoms with Gasteiger partial charge in [-0.25, -0.2) is 0 Å². The second kappa shape index (κ2) is 2.46. The van der Waals surface area contributed by atoms with Crippen molar-refractivity contribution >= 4 is 0 Å². The first kappa shape index (κ1) is 6.05. The van der Waals surface area contributed by atoms with E-state index in [9.17, 15) is 0 Å². The lowest BCUT2D eigenvalue weighted by Crippen LogP contribution is -2.44. The Kier molecular flexibility index (Phi) is 1.86. The second-order valence-corrected chi connectivity index (χ2v) is 2.43. The Balaban J connectivity index is 2.23. The molecule has 1 heterocycles. The first-order chi connectivity index (χ1) is 3.79. The van der Waals surface area contributed by atoms with E-state index in [0.717, 1.165) is 13.1 Å². The average Bonchev–Trinajstić information content (AvgIpc) is 1.64. The Labute approximate surface area is 50.9 Å². The van der Waals surface area contributed by atoms with Crippen LogP contribution in [0, 0.1) is 6.54 Å². The third-order valence-electron chi connectivity index (χ3n) is 1.43. The van der Waals surface area contributed by atoms with Gasteiger partial charge in [-0.05, 0) is 14.0 Å². The summed E-state index contributed by atoms with van der Waals surface area (Å²) in [5.41, 5.74) is 0. The van der Waals surface area contributed by atoms with Crippen LogP contribution in [-0.4, -0.2) is 31.1 Å². The van der Waals surface area contributed by atoms with E-state index in [0.29, 0.717) is 6.04 Å². The van der Waals surface area contributed by atoms with Crippen molar-refractivity contribution < 1.29 is 0 Å². The molecule has 47 valence electrons. The van der Waals surface area contributed by atoms with Crippen molar-refractivity contribution in [2.75, 3.05) is 20.1 Å². The molecule has 1 unspecified atom stereocenters. The fourth-order valence-corrected chi connectivity index (χ4v) is 0.981. The van der Waals surface area contributed by atoms with Gasteiger partial charge < -0.3 is 5.32 Å². The monoisotopic (exact) mass is 113 g/mol. The maximum absolute atomic E-state index is 3.32. The van der Waals surface area contributed by atoms with E-state index in [1.807, 2.05) is 0 Å². The Morgan fingerprint density at radius 2 is 2.50 bits per heavy atom. The van der Waals surface area contributed by atoms with Crippen LogP contribution in [0.2, 0.25) is 0 Å². The topological polar surface area (TPSA) is 15.3 Å². The molecule has 0 aromatic carbocycles. The minimum Gasteiger partial charge on any atom is -0.311 e. The van der Waals surface area contributed by atoms with E-state index in [-0.39, 0.29) is 0 Å². The van der Waals surface area contributed by atoms with Gasteiger partial charge in [-0.15, -0.1) is 0 Å². The van der Waals surface area contributed by atoms with Crippen LogP contribution in [0.1, 0.15) is 6.92 Å². The van der Waals surface area contributed by atoms with Gasteiger partial charge in [0.2, 0.25) is 0 Å². The lowest BCUT2D eigenvalue weighted by molar-refractivity contribution is 0.298. The summed E-state index contributed by atoms with van der Waals surface area (Å²) in [5, 5.41) is 3.32. The molecule has 1 radical (unpaired) electrons. The minimum atomic E-state index is 0.657. The largest absolute Gasteiger partial charge is 0.311 e. The van der Waals surface area contributed by atoms with Gasteiger partial charge in [0.15, 0.2) is 0 Å². The molecule has 1 rings (SSSR count). The van der Waals surface area contributed by atoms with Crippen molar-refractivity contribution in [1.82, 2.24) is 10.2 Å². The lowest BCUT2D eigenvalue weighted by atomic mass is 10.2.